The Morgan fingerprint density at radius 3 is 2.59 bits per heavy atom. The van der Waals surface area contributed by atoms with Gasteiger partial charge in [-0.05, 0) is 35.4 Å². The van der Waals surface area contributed by atoms with Crippen LogP contribution in [-0.4, -0.2) is 23.8 Å². The minimum Gasteiger partial charge on any atom is -0.355 e. The monoisotopic (exact) mass is 295 g/mol. The van der Waals surface area contributed by atoms with Gasteiger partial charge in [-0.2, -0.15) is 0 Å². The molecule has 0 unspecified atom stereocenters. The SMILES string of the molecule is CNC(=O)c1ccc(CNC(=O)/C=C/c2cccnc2)cc1. The van der Waals surface area contributed by atoms with Gasteiger partial charge < -0.3 is 10.6 Å². The number of pyridine rings is 1. The third-order valence-corrected chi connectivity index (χ3v) is 3.02. The highest BCUT2D eigenvalue weighted by Gasteiger charge is 2.02. The number of rotatable bonds is 5. The highest BCUT2D eigenvalue weighted by atomic mass is 16.2. The molecule has 0 aliphatic rings. The molecule has 2 aromatic rings. The quantitative estimate of drug-likeness (QED) is 0.826. The van der Waals surface area contributed by atoms with Gasteiger partial charge in [-0.1, -0.05) is 18.2 Å². The van der Waals surface area contributed by atoms with Crippen LogP contribution in [0.15, 0.2) is 54.9 Å². The van der Waals surface area contributed by atoms with Crippen molar-refractivity contribution in [1.29, 1.82) is 0 Å². The maximum Gasteiger partial charge on any atom is 0.251 e. The maximum atomic E-state index is 11.7. The highest BCUT2D eigenvalue weighted by molar-refractivity contribution is 5.94. The molecule has 0 bridgehead atoms. The Bertz CT molecular complexity index is 664. The van der Waals surface area contributed by atoms with Crippen LogP contribution in [0.4, 0.5) is 0 Å². The summed E-state index contributed by atoms with van der Waals surface area (Å²) in [6, 6.07) is 10.8. The van der Waals surface area contributed by atoms with E-state index < -0.39 is 0 Å². The van der Waals surface area contributed by atoms with Crippen LogP contribution in [0.25, 0.3) is 6.08 Å². The van der Waals surface area contributed by atoms with Gasteiger partial charge in [0.25, 0.3) is 5.91 Å². The Kier molecular flexibility index (Phi) is 5.43. The van der Waals surface area contributed by atoms with E-state index in [1.54, 1.807) is 37.7 Å². The molecular formula is C17H17N3O2. The number of amides is 2. The largest absolute Gasteiger partial charge is 0.355 e. The first-order valence-electron chi connectivity index (χ1n) is 6.86. The lowest BCUT2D eigenvalue weighted by Gasteiger charge is -2.04. The molecule has 1 heterocycles. The van der Waals surface area contributed by atoms with Crippen molar-refractivity contribution in [1.82, 2.24) is 15.6 Å². The molecule has 2 rings (SSSR count). The number of hydrogen-bond donors (Lipinski definition) is 2. The van der Waals surface area contributed by atoms with E-state index in [4.69, 9.17) is 0 Å². The highest BCUT2D eigenvalue weighted by Crippen LogP contribution is 2.04. The predicted molar refractivity (Wildman–Crippen MR) is 84.9 cm³/mol. The summed E-state index contributed by atoms with van der Waals surface area (Å²) in [5, 5.41) is 5.35. The van der Waals surface area contributed by atoms with Crippen LogP contribution in [-0.2, 0) is 11.3 Å². The molecule has 5 nitrogen and oxygen atoms in total. The van der Waals surface area contributed by atoms with Crippen molar-refractivity contribution < 1.29 is 9.59 Å². The predicted octanol–water partition coefficient (Wildman–Crippen LogP) is 1.77. The first-order valence-corrected chi connectivity index (χ1v) is 6.86. The van der Waals surface area contributed by atoms with Gasteiger partial charge in [0.1, 0.15) is 0 Å². The van der Waals surface area contributed by atoms with Crippen molar-refractivity contribution in [3.63, 3.8) is 0 Å². The lowest BCUT2D eigenvalue weighted by molar-refractivity contribution is -0.116. The summed E-state index contributed by atoms with van der Waals surface area (Å²) in [4.78, 5) is 27.1. The number of hydrogen-bond acceptors (Lipinski definition) is 3. The Hall–Kier alpha value is -2.95. The molecule has 1 aromatic carbocycles. The van der Waals surface area contributed by atoms with Crippen LogP contribution in [0.1, 0.15) is 21.5 Å². The number of nitrogens with one attached hydrogen (secondary N) is 2. The van der Waals surface area contributed by atoms with Gasteiger partial charge in [0.15, 0.2) is 0 Å². The normalized spacial score (nSPS) is 10.4. The zero-order valence-electron chi connectivity index (χ0n) is 12.2. The van der Waals surface area contributed by atoms with Crippen molar-refractivity contribution in [2.75, 3.05) is 7.05 Å². The standard InChI is InChI=1S/C17H17N3O2/c1-18-17(22)15-7-4-14(5-8-15)12-20-16(21)9-6-13-3-2-10-19-11-13/h2-11H,12H2,1H3,(H,18,22)(H,20,21)/b9-6+. The van der Waals surface area contributed by atoms with Gasteiger partial charge in [0, 0.05) is 37.6 Å². The van der Waals surface area contributed by atoms with Crippen LogP contribution in [0, 0.1) is 0 Å². The number of carbonyl (C=O) groups excluding carboxylic acids is 2. The Balaban J connectivity index is 1.86. The molecule has 0 radical (unpaired) electrons. The third kappa shape index (κ3) is 4.56. The zero-order valence-corrected chi connectivity index (χ0v) is 12.2. The molecule has 2 amide bonds. The molecule has 5 heteroatoms. The van der Waals surface area contributed by atoms with Crippen LogP contribution >= 0.6 is 0 Å². The molecule has 2 N–H and O–H groups in total. The topological polar surface area (TPSA) is 71.1 Å². The zero-order chi connectivity index (χ0) is 15.8. The third-order valence-electron chi connectivity index (χ3n) is 3.02. The molecule has 22 heavy (non-hydrogen) atoms. The molecule has 0 fully saturated rings. The van der Waals surface area contributed by atoms with E-state index in [1.165, 1.54) is 6.08 Å². The Morgan fingerprint density at radius 2 is 1.95 bits per heavy atom. The fraction of sp³-hybridized carbons (Fsp3) is 0.118. The minimum atomic E-state index is -0.181. The van der Waals surface area contributed by atoms with E-state index in [0.717, 1.165) is 11.1 Å². The average molecular weight is 295 g/mol. The summed E-state index contributed by atoms with van der Waals surface area (Å²) in [5.74, 6) is -0.311. The van der Waals surface area contributed by atoms with Gasteiger partial charge in [0.2, 0.25) is 5.91 Å². The number of carbonyl (C=O) groups is 2. The molecule has 1 aromatic heterocycles. The lowest BCUT2D eigenvalue weighted by atomic mass is 10.1. The smallest absolute Gasteiger partial charge is 0.251 e. The first-order chi connectivity index (χ1) is 10.7. The molecule has 0 saturated heterocycles. The summed E-state index contributed by atoms with van der Waals surface area (Å²) in [6.07, 6.45) is 6.54. The van der Waals surface area contributed by atoms with Crippen LogP contribution < -0.4 is 10.6 Å². The fourth-order valence-corrected chi connectivity index (χ4v) is 1.81. The number of nitrogens with zero attached hydrogens (tertiary/aromatic N) is 1. The van der Waals surface area contributed by atoms with Crippen molar-refractivity contribution in [3.05, 3.63) is 71.6 Å². The van der Waals surface area contributed by atoms with Gasteiger partial charge in [-0.25, -0.2) is 0 Å². The van der Waals surface area contributed by atoms with Crippen molar-refractivity contribution in [2.45, 2.75) is 6.54 Å². The summed E-state index contributed by atoms with van der Waals surface area (Å²) in [6.45, 7) is 0.407. The van der Waals surface area contributed by atoms with Crippen molar-refractivity contribution in [2.24, 2.45) is 0 Å². The van der Waals surface area contributed by atoms with Crippen LogP contribution in [0.5, 0.6) is 0 Å². The molecular weight excluding hydrogens is 278 g/mol. The molecule has 0 saturated carbocycles. The summed E-state index contributed by atoms with van der Waals surface area (Å²) in [5.41, 5.74) is 2.39. The van der Waals surface area contributed by atoms with Gasteiger partial charge >= 0.3 is 0 Å². The second-order valence-corrected chi connectivity index (χ2v) is 4.61. The second kappa shape index (κ2) is 7.73. The second-order valence-electron chi connectivity index (χ2n) is 4.61. The van der Waals surface area contributed by atoms with Crippen LogP contribution in [0.2, 0.25) is 0 Å². The fourth-order valence-electron chi connectivity index (χ4n) is 1.81. The molecule has 112 valence electrons. The maximum absolute atomic E-state index is 11.7. The minimum absolute atomic E-state index is 0.130. The van der Waals surface area contributed by atoms with Crippen molar-refractivity contribution in [3.8, 4) is 0 Å². The lowest BCUT2D eigenvalue weighted by Crippen LogP contribution is -2.20. The number of aromatic nitrogens is 1. The van der Waals surface area contributed by atoms with E-state index in [-0.39, 0.29) is 11.8 Å². The van der Waals surface area contributed by atoms with Crippen LogP contribution in [0.3, 0.4) is 0 Å². The van der Waals surface area contributed by atoms with E-state index in [9.17, 15) is 9.59 Å². The van der Waals surface area contributed by atoms with E-state index in [2.05, 4.69) is 15.6 Å². The molecule has 0 spiro atoms. The molecule has 0 atom stereocenters. The molecule has 0 aliphatic heterocycles. The van der Waals surface area contributed by atoms with Gasteiger partial charge in [0.05, 0.1) is 0 Å². The van der Waals surface area contributed by atoms with Gasteiger partial charge in [-0.15, -0.1) is 0 Å². The average Bonchev–Trinajstić information content (AvgIpc) is 2.58. The summed E-state index contributed by atoms with van der Waals surface area (Å²) < 4.78 is 0. The molecule has 0 aliphatic carbocycles. The van der Waals surface area contributed by atoms with Gasteiger partial charge in [-0.3, -0.25) is 14.6 Å². The Labute approximate surface area is 129 Å². The Morgan fingerprint density at radius 1 is 1.18 bits per heavy atom. The summed E-state index contributed by atoms with van der Waals surface area (Å²) >= 11 is 0. The first kappa shape index (κ1) is 15.4. The van der Waals surface area contributed by atoms with Crippen molar-refractivity contribution >= 4 is 17.9 Å². The van der Waals surface area contributed by atoms with E-state index in [1.807, 2.05) is 24.3 Å². The van der Waals surface area contributed by atoms with E-state index in [0.29, 0.717) is 12.1 Å². The summed E-state index contributed by atoms with van der Waals surface area (Å²) in [7, 11) is 1.59. The number of benzene rings is 1. The van der Waals surface area contributed by atoms with E-state index >= 15 is 0 Å².